The molecule has 2 amide bonds. The fraction of sp³-hybridized carbons (Fsp3) is 0.333. The number of hydrogen-bond donors (Lipinski definition) is 1. The minimum absolute atomic E-state index is 0.0304. The molecule has 0 unspecified atom stereocenters. The maximum absolute atomic E-state index is 12.6. The van der Waals surface area contributed by atoms with E-state index in [4.69, 9.17) is 9.26 Å². The van der Waals surface area contributed by atoms with Gasteiger partial charge in [0.15, 0.2) is 0 Å². The van der Waals surface area contributed by atoms with Crippen LogP contribution in [0.1, 0.15) is 29.1 Å². The summed E-state index contributed by atoms with van der Waals surface area (Å²) in [6, 6.07) is 13.9. The van der Waals surface area contributed by atoms with Crippen LogP contribution >= 0.6 is 0 Å². The van der Waals surface area contributed by atoms with Crippen molar-refractivity contribution >= 4 is 11.8 Å². The van der Waals surface area contributed by atoms with Crippen LogP contribution < -0.4 is 4.74 Å². The molecule has 1 aliphatic rings. The van der Waals surface area contributed by atoms with Gasteiger partial charge in [0.2, 0.25) is 17.6 Å². The zero-order chi connectivity index (χ0) is 23.2. The average molecular weight is 450 g/mol. The van der Waals surface area contributed by atoms with Crippen LogP contribution in [-0.2, 0) is 11.2 Å². The molecule has 9 heteroatoms. The summed E-state index contributed by atoms with van der Waals surface area (Å²) in [5.41, 5.74) is 1.11. The highest BCUT2D eigenvalue weighted by Gasteiger charge is 2.25. The Labute approximate surface area is 191 Å². The van der Waals surface area contributed by atoms with E-state index in [1.54, 1.807) is 35.1 Å². The molecule has 4 rings (SSSR count). The Morgan fingerprint density at radius 1 is 1.03 bits per heavy atom. The van der Waals surface area contributed by atoms with E-state index in [1.807, 2.05) is 24.3 Å². The smallest absolute Gasteiger partial charge is 0.257 e. The lowest BCUT2D eigenvalue weighted by atomic mass is 10.1. The fourth-order valence-electron chi connectivity index (χ4n) is 3.75. The summed E-state index contributed by atoms with van der Waals surface area (Å²) in [6.45, 7) is 1.82. The van der Waals surface area contributed by atoms with Gasteiger partial charge in [-0.25, -0.2) is 0 Å². The largest absolute Gasteiger partial charge is 0.507 e. The predicted molar refractivity (Wildman–Crippen MR) is 120 cm³/mol. The van der Waals surface area contributed by atoms with Gasteiger partial charge in [0.05, 0.1) is 12.7 Å². The Kier molecular flexibility index (Phi) is 6.87. The quantitative estimate of drug-likeness (QED) is 0.589. The molecule has 0 radical (unpaired) electrons. The van der Waals surface area contributed by atoms with Crippen LogP contribution in [-0.4, -0.2) is 70.2 Å². The number of carbonyl (C=O) groups is 2. The first-order valence-corrected chi connectivity index (χ1v) is 10.9. The van der Waals surface area contributed by atoms with E-state index in [9.17, 15) is 14.7 Å². The molecule has 0 atom stereocenters. The van der Waals surface area contributed by atoms with Gasteiger partial charge in [-0.05, 0) is 42.8 Å². The molecule has 172 valence electrons. The Morgan fingerprint density at radius 3 is 2.42 bits per heavy atom. The second-order valence-electron chi connectivity index (χ2n) is 7.78. The van der Waals surface area contributed by atoms with Crippen LogP contribution in [0.25, 0.3) is 11.4 Å². The van der Waals surface area contributed by atoms with Crippen molar-refractivity contribution in [3.63, 3.8) is 0 Å². The van der Waals surface area contributed by atoms with Crippen molar-refractivity contribution in [3.8, 4) is 22.9 Å². The van der Waals surface area contributed by atoms with Crippen molar-refractivity contribution in [2.75, 3.05) is 33.3 Å². The number of rotatable bonds is 7. The van der Waals surface area contributed by atoms with E-state index in [1.165, 1.54) is 6.07 Å². The fourth-order valence-corrected chi connectivity index (χ4v) is 3.75. The number of methoxy groups -OCH3 is 1. The third-order valence-electron chi connectivity index (χ3n) is 5.65. The third-order valence-corrected chi connectivity index (χ3v) is 5.65. The van der Waals surface area contributed by atoms with Crippen LogP contribution in [0.4, 0.5) is 0 Å². The maximum Gasteiger partial charge on any atom is 0.257 e. The SMILES string of the molecule is COc1ccc(-c2noc(CCCC(=O)N3CCN(C(=O)c4ccccc4O)CC3)n2)cc1. The third kappa shape index (κ3) is 5.31. The van der Waals surface area contributed by atoms with Gasteiger partial charge in [-0.3, -0.25) is 9.59 Å². The Hall–Kier alpha value is -3.88. The highest BCUT2D eigenvalue weighted by atomic mass is 16.5. The summed E-state index contributed by atoms with van der Waals surface area (Å²) in [4.78, 5) is 33.0. The molecule has 1 N–H and O–H groups in total. The molecule has 3 aromatic rings. The van der Waals surface area contributed by atoms with E-state index in [0.29, 0.717) is 57.2 Å². The summed E-state index contributed by atoms with van der Waals surface area (Å²) in [5, 5.41) is 13.9. The van der Waals surface area contributed by atoms with Crippen LogP contribution in [0, 0.1) is 0 Å². The Bertz CT molecular complexity index is 1100. The lowest BCUT2D eigenvalue weighted by Gasteiger charge is -2.35. The molecule has 2 aromatic carbocycles. The molecule has 0 saturated carbocycles. The van der Waals surface area contributed by atoms with Gasteiger partial charge in [0, 0.05) is 44.6 Å². The first-order valence-electron chi connectivity index (χ1n) is 10.9. The second kappa shape index (κ2) is 10.2. The minimum Gasteiger partial charge on any atom is -0.507 e. The van der Waals surface area contributed by atoms with Crippen molar-refractivity contribution in [2.45, 2.75) is 19.3 Å². The van der Waals surface area contributed by atoms with Gasteiger partial charge in [0.1, 0.15) is 11.5 Å². The summed E-state index contributed by atoms with van der Waals surface area (Å²) < 4.78 is 10.5. The molecule has 2 heterocycles. The average Bonchev–Trinajstić information content (AvgIpc) is 3.33. The van der Waals surface area contributed by atoms with Crippen LogP contribution in [0.5, 0.6) is 11.5 Å². The molecule has 1 saturated heterocycles. The number of aryl methyl sites for hydroxylation is 1. The number of para-hydroxylation sites is 1. The molecule has 1 aliphatic heterocycles. The number of benzene rings is 2. The zero-order valence-electron chi connectivity index (χ0n) is 18.4. The number of aromatic nitrogens is 2. The van der Waals surface area contributed by atoms with Crippen molar-refractivity contribution in [3.05, 3.63) is 60.0 Å². The number of hydrogen-bond acceptors (Lipinski definition) is 7. The van der Waals surface area contributed by atoms with Gasteiger partial charge < -0.3 is 24.2 Å². The molecular weight excluding hydrogens is 424 g/mol. The molecule has 9 nitrogen and oxygen atoms in total. The Balaban J connectivity index is 1.22. The van der Waals surface area contributed by atoms with Gasteiger partial charge in [-0.15, -0.1) is 0 Å². The van der Waals surface area contributed by atoms with Crippen molar-refractivity contribution in [1.82, 2.24) is 19.9 Å². The lowest BCUT2D eigenvalue weighted by molar-refractivity contribution is -0.132. The number of nitrogens with zero attached hydrogens (tertiary/aromatic N) is 4. The topological polar surface area (TPSA) is 109 Å². The first kappa shape index (κ1) is 22.3. The number of aromatic hydroxyl groups is 1. The zero-order valence-corrected chi connectivity index (χ0v) is 18.4. The number of ether oxygens (including phenoxy) is 1. The van der Waals surface area contributed by atoms with E-state index >= 15 is 0 Å². The molecule has 1 fully saturated rings. The van der Waals surface area contributed by atoms with E-state index < -0.39 is 0 Å². The second-order valence-corrected chi connectivity index (χ2v) is 7.78. The van der Waals surface area contributed by atoms with Gasteiger partial charge in [0.25, 0.3) is 5.91 Å². The van der Waals surface area contributed by atoms with Crippen molar-refractivity contribution in [2.24, 2.45) is 0 Å². The standard InChI is InChI=1S/C24H26N4O5/c1-32-18-11-9-17(10-12-18)23-25-21(33-26-23)7-4-8-22(30)27-13-15-28(16-14-27)24(31)19-5-2-3-6-20(19)29/h2-3,5-6,9-12,29H,4,7-8,13-16H2,1H3. The summed E-state index contributed by atoms with van der Waals surface area (Å²) >= 11 is 0. The van der Waals surface area contributed by atoms with Crippen LogP contribution in [0.3, 0.4) is 0 Å². The molecule has 0 bridgehead atoms. The number of phenolic OH excluding ortho intramolecular Hbond substituents is 1. The molecule has 0 spiro atoms. The summed E-state index contributed by atoms with van der Waals surface area (Å²) in [5.74, 6) is 1.54. The van der Waals surface area contributed by atoms with Gasteiger partial charge >= 0.3 is 0 Å². The van der Waals surface area contributed by atoms with Crippen LogP contribution in [0.15, 0.2) is 53.1 Å². The van der Waals surface area contributed by atoms with Crippen molar-refractivity contribution in [1.29, 1.82) is 0 Å². The highest BCUT2D eigenvalue weighted by Crippen LogP contribution is 2.21. The number of phenols is 1. The molecule has 0 aliphatic carbocycles. The monoisotopic (exact) mass is 450 g/mol. The van der Waals surface area contributed by atoms with Gasteiger partial charge in [-0.2, -0.15) is 4.98 Å². The summed E-state index contributed by atoms with van der Waals surface area (Å²) in [7, 11) is 1.61. The normalized spacial score (nSPS) is 13.7. The van der Waals surface area contributed by atoms with Gasteiger partial charge in [-0.1, -0.05) is 17.3 Å². The number of carbonyl (C=O) groups excluding carboxylic acids is 2. The van der Waals surface area contributed by atoms with Crippen molar-refractivity contribution < 1.29 is 24.0 Å². The molecule has 33 heavy (non-hydrogen) atoms. The van der Waals surface area contributed by atoms with E-state index in [-0.39, 0.29) is 23.1 Å². The van der Waals surface area contributed by atoms with E-state index in [2.05, 4.69) is 10.1 Å². The van der Waals surface area contributed by atoms with Crippen LogP contribution in [0.2, 0.25) is 0 Å². The first-order chi connectivity index (χ1) is 16.0. The molecule has 1 aromatic heterocycles. The predicted octanol–water partition coefficient (Wildman–Crippen LogP) is 2.76. The maximum atomic E-state index is 12.6. The number of piperazine rings is 1. The minimum atomic E-state index is -0.218. The summed E-state index contributed by atoms with van der Waals surface area (Å²) in [6.07, 6.45) is 1.48. The van der Waals surface area contributed by atoms with E-state index in [0.717, 1.165) is 11.3 Å². The highest BCUT2D eigenvalue weighted by molar-refractivity contribution is 5.97. The Morgan fingerprint density at radius 2 is 1.73 bits per heavy atom. The molecular formula is C24H26N4O5. The lowest BCUT2D eigenvalue weighted by Crippen LogP contribution is -2.50. The number of amides is 2.